The second-order valence-corrected chi connectivity index (χ2v) is 4.59. The van der Waals surface area contributed by atoms with E-state index < -0.39 is 5.97 Å². The third kappa shape index (κ3) is 3.00. The minimum absolute atomic E-state index is 0.0953. The SMILES string of the molecule is O=C(O)CC[n+]1ccc(-c2nnc3ccccc3n2)cc1. The number of fused-ring (bicyclic) bond motifs is 1. The number of aliphatic carboxylic acids is 1. The number of hydrogen-bond acceptors (Lipinski definition) is 4. The number of carbonyl (C=O) groups is 1. The van der Waals surface area contributed by atoms with Crippen molar-refractivity contribution in [3.8, 4) is 11.4 Å². The van der Waals surface area contributed by atoms with E-state index in [-0.39, 0.29) is 6.42 Å². The van der Waals surface area contributed by atoms with E-state index in [2.05, 4.69) is 15.2 Å². The summed E-state index contributed by atoms with van der Waals surface area (Å²) in [6, 6.07) is 11.3. The fourth-order valence-corrected chi connectivity index (χ4v) is 1.98. The van der Waals surface area contributed by atoms with E-state index in [9.17, 15) is 4.79 Å². The van der Waals surface area contributed by atoms with Gasteiger partial charge in [0.05, 0.1) is 5.52 Å². The van der Waals surface area contributed by atoms with Crippen LogP contribution in [0.4, 0.5) is 0 Å². The third-order valence-electron chi connectivity index (χ3n) is 3.09. The van der Waals surface area contributed by atoms with Gasteiger partial charge in [-0.25, -0.2) is 9.55 Å². The largest absolute Gasteiger partial charge is 0.481 e. The molecule has 0 amide bonds. The molecule has 6 heteroatoms. The summed E-state index contributed by atoms with van der Waals surface area (Å²) in [7, 11) is 0. The van der Waals surface area contributed by atoms with Crippen molar-refractivity contribution in [3.05, 3.63) is 48.8 Å². The summed E-state index contributed by atoms with van der Waals surface area (Å²) >= 11 is 0. The molecule has 0 unspecified atom stereocenters. The van der Waals surface area contributed by atoms with E-state index in [4.69, 9.17) is 5.11 Å². The van der Waals surface area contributed by atoms with E-state index in [1.54, 1.807) is 0 Å². The molecule has 0 aliphatic carbocycles. The first kappa shape index (κ1) is 13.1. The number of pyridine rings is 1. The normalized spacial score (nSPS) is 10.7. The lowest BCUT2D eigenvalue weighted by molar-refractivity contribution is -0.695. The van der Waals surface area contributed by atoms with Crippen LogP contribution in [0.25, 0.3) is 22.4 Å². The highest BCUT2D eigenvalue weighted by atomic mass is 16.4. The summed E-state index contributed by atoms with van der Waals surface area (Å²) in [5, 5.41) is 16.9. The van der Waals surface area contributed by atoms with Crippen molar-refractivity contribution in [2.45, 2.75) is 13.0 Å². The number of carboxylic acid groups (broad SMARTS) is 1. The van der Waals surface area contributed by atoms with Gasteiger partial charge in [-0.3, -0.25) is 4.79 Å². The van der Waals surface area contributed by atoms with Gasteiger partial charge in [0, 0.05) is 17.7 Å². The van der Waals surface area contributed by atoms with E-state index in [0.29, 0.717) is 12.4 Å². The molecule has 2 heterocycles. The Labute approximate surface area is 120 Å². The molecule has 0 aliphatic rings. The number of nitrogens with zero attached hydrogens (tertiary/aromatic N) is 4. The molecule has 0 spiro atoms. The molecule has 21 heavy (non-hydrogen) atoms. The van der Waals surface area contributed by atoms with Crippen LogP contribution in [0, 0.1) is 0 Å². The Morgan fingerprint density at radius 1 is 1.05 bits per heavy atom. The van der Waals surface area contributed by atoms with E-state index in [1.165, 1.54) is 0 Å². The van der Waals surface area contributed by atoms with Crippen LogP contribution in [0.5, 0.6) is 0 Å². The second kappa shape index (κ2) is 5.62. The highest BCUT2D eigenvalue weighted by molar-refractivity contribution is 5.75. The van der Waals surface area contributed by atoms with Gasteiger partial charge in [0.25, 0.3) is 0 Å². The Morgan fingerprint density at radius 2 is 1.76 bits per heavy atom. The molecule has 0 bridgehead atoms. The number of benzene rings is 1. The number of carboxylic acids is 1. The fourth-order valence-electron chi connectivity index (χ4n) is 1.98. The predicted octanol–water partition coefficient (Wildman–Crippen LogP) is 1.45. The van der Waals surface area contributed by atoms with Gasteiger partial charge in [0.15, 0.2) is 24.8 Å². The van der Waals surface area contributed by atoms with Gasteiger partial charge in [-0.2, -0.15) is 0 Å². The zero-order valence-electron chi connectivity index (χ0n) is 11.2. The lowest BCUT2D eigenvalue weighted by Gasteiger charge is -2.00. The molecule has 0 saturated heterocycles. The minimum atomic E-state index is -0.811. The molecule has 3 rings (SSSR count). The minimum Gasteiger partial charge on any atom is -0.481 e. The summed E-state index contributed by atoms with van der Waals surface area (Å²) in [5.74, 6) is -0.257. The maximum Gasteiger partial charge on any atom is 0.309 e. The van der Waals surface area contributed by atoms with Crippen molar-refractivity contribution in [1.29, 1.82) is 0 Å². The number of aryl methyl sites for hydroxylation is 1. The molecule has 0 radical (unpaired) electrons. The lowest BCUT2D eigenvalue weighted by atomic mass is 10.2. The Hall–Kier alpha value is -2.89. The lowest BCUT2D eigenvalue weighted by Crippen LogP contribution is -2.33. The summed E-state index contributed by atoms with van der Waals surface area (Å²) in [6.07, 6.45) is 3.73. The standard InChI is InChI=1S/C15H12N4O2/c20-14(21)7-10-19-8-5-11(6-9-19)15-16-12-3-1-2-4-13(12)17-18-15/h1-6,8-9H,7,10H2/p+1. The number of aromatic nitrogens is 4. The summed E-state index contributed by atoms with van der Waals surface area (Å²) in [5.41, 5.74) is 2.40. The highest BCUT2D eigenvalue weighted by Gasteiger charge is 2.08. The van der Waals surface area contributed by atoms with Crippen LogP contribution in [0.15, 0.2) is 48.8 Å². The first-order valence-corrected chi connectivity index (χ1v) is 6.53. The molecule has 0 atom stereocenters. The Kier molecular flexibility index (Phi) is 3.51. The molecule has 3 aromatic rings. The second-order valence-electron chi connectivity index (χ2n) is 4.59. The number of para-hydroxylation sites is 1. The van der Waals surface area contributed by atoms with Gasteiger partial charge >= 0.3 is 5.97 Å². The van der Waals surface area contributed by atoms with Crippen LogP contribution >= 0.6 is 0 Å². The topological polar surface area (TPSA) is 79.9 Å². The Balaban J connectivity index is 1.86. The van der Waals surface area contributed by atoms with Gasteiger partial charge in [-0.1, -0.05) is 12.1 Å². The van der Waals surface area contributed by atoms with E-state index >= 15 is 0 Å². The maximum atomic E-state index is 10.5. The van der Waals surface area contributed by atoms with Crippen LogP contribution in [0.3, 0.4) is 0 Å². The molecule has 2 aromatic heterocycles. The zero-order chi connectivity index (χ0) is 14.7. The van der Waals surface area contributed by atoms with E-state index in [0.717, 1.165) is 16.6 Å². The number of rotatable bonds is 4. The molecule has 0 fully saturated rings. The van der Waals surface area contributed by atoms with Gasteiger partial charge in [0.2, 0.25) is 0 Å². The third-order valence-corrected chi connectivity index (χ3v) is 3.09. The average molecular weight is 281 g/mol. The maximum absolute atomic E-state index is 10.5. The van der Waals surface area contributed by atoms with Gasteiger partial charge < -0.3 is 5.11 Å². The molecular formula is C15H13N4O2+. The van der Waals surface area contributed by atoms with Crippen LogP contribution in [0.2, 0.25) is 0 Å². The van der Waals surface area contributed by atoms with Crippen molar-refractivity contribution in [1.82, 2.24) is 15.2 Å². The van der Waals surface area contributed by atoms with E-state index in [1.807, 2.05) is 53.4 Å². The van der Waals surface area contributed by atoms with Crippen LogP contribution < -0.4 is 4.57 Å². The highest BCUT2D eigenvalue weighted by Crippen LogP contribution is 2.15. The van der Waals surface area contributed by atoms with Crippen molar-refractivity contribution in [2.75, 3.05) is 0 Å². The Morgan fingerprint density at radius 3 is 2.48 bits per heavy atom. The molecule has 1 N–H and O–H groups in total. The molecular weight excluding hydrogens is 268 g/mol. The van der Waals surface area contributed by atoms with Gasteiger partial charge in [-0.05, 0) is 12.1 Å². The predicted molar refractivity (Wildman–Crippen MR) is 75.2 cm³/mol. The van der Waals surface area contributed by atoms with Gasteiger partial charge in [-0.15, -0.1) is 10.2 Å². The first-order chi connectivity index (χ1) is 10.2. The van der Waals surface area contributed by atoms with Crippen molar-refractivity contribution < 1.29 is 14.5 Å². The fraction of sp³-hybridized carbons (Fsp3) is 0.133. The van der Waals surface area contributed by atoms with Crippen LogP contribution in [-0.2, 0) is 11.3 Å². The van der Waals surface area contributed by atoms with Crippen molar-refractivity contribution in [3.63, 3.8) is 0 Å². The van der Waals surface area contributed by atoms with Crippen LogP contribution in [-0.4, -0.2) is 26.3 Å². The zero-order valence-corrected chi connectivity index (χ0v) is 11.2. The summed E-state index contributed by atoms with van der Waals surface area (Å²) in [4.78, 5) is 15.0. The Bertz CT molecular complexity index is 787. The number of hydrogen-bond donors (Lipinski definition) is 1. The smallest absolute Gasteiger partial charge is 0.309 e. The quantitative estimate of drug-likeness (QED) is 0.732. The molecule has 104 valence electrons. The van der Waals surface area contributed by atoms with Crippen molar-refractivity contribution in [2.24, 2.45) is 0 Å². The monoisotopic (exact) mass is 281 g/mol. The molecule has 1 aromatic carbocycles. The molecule has 0 aliphatic heterocycles. The molecule has 0 saturated carbocycles. The van der Waals surface area contributed by atoms with Gasteiger partial charge in [0.1, 0.15) is 11.9 Å². The van der Waals surface area contributed by atoms with Crippen molar-refractivity contribution >= 4 is 17.0 Å². The molecule has 6 nitrogen and oxygen atoms in total. The average Bonchev–Trinajstić information content (AvgIpc) is 2.53. The summed E-state index contributed by atoms with van der Waals surface area (Å²) in [6.45, 7) is 0.437. The van der Waals surface area contributed by atoms with Crippen LogP contribution in [0.1, 0.15) is 6.42 Å². The first-order valence-electron chi connectivity index (χ1n) is 6.53. The summed E-state index contributed by atoms with van der Waals surface area (Å²) < 4.78 is 1.81.